The molecule has 3 N–H and O–H groups in total. The van der Waals surface area contributed by atoms with Crippen molar-refractivity contribution in [2.24, 2.45) is 5.41 Å². The highest BCUT2D eigenvalue weighted by molar-refractivity contribution is 7.12. The topological polar surface area (TPSA) is 78.4 Å². The second-order valence-corrected chi connectivity index (χ2v) is 6.41. The lowest BCUT2D eigenvalue weighted by molar-refractivity contribution is -0.143. The largest absolute Gasteiger partial charge is 0.481 e. The van der Waals surface area contributed by atoms with Gasteiger partial charge in [-0.1, -0.05) is 0 Å². The first-order valence-corrected chi connectivity index (χ1v) is 7.06. The number of amides is 2. The van der Waals surface area contributed by atoms with Crippen LogP contribution in [0.2, 0.25) is 0 Å². The zero-order valence-corrected chi connectivity index (χ0v) is 11.9. The van der Waals surface area contributed by atoms with Crippen LogP contribution in [0.5, 0.6) is 0 Å². The number of thiophene rings is 1. The molecule has 2 amide bonds. The van der Waals surface area contributed by atoms with E-state index in [9.17, 15) is 9.59 Å². The molecule has 6 heteroatoms. The van der Waals surface area contributed by atoms with Crippen LogP contribution in [0.15, 0.2) is 6.07 Å². The van der Waals surface area contributed by atoms with Gasteiger partial charge in [0.2, 0.25) is 0 Å². The molecule has 0 radical (unpaired) electrons. The average Bonchev–Trinajstić information content (AvgIpc) is 3.08. The minimum Gasteiger partial charge on any atom is -0.481 e. The maximum atomic E-state index is 11.6. The second kappa shape index (κ2) is 5.21. The summed E-state index contributed by atoms with van der Waals surface area (Å²) in [6, 6.07) is 1.75. The van der Waals surface area contributed by atoms with E-state index in [2.05, 4.69) is 16.7 Å². The third-order valence-electron chi connectivity index (χ3n) is 3.53. The minimum atomic E-state index is -0.822. The van der Waals surface area contributed by atoms with E-state index in [0.29, 0.717) is 19.4 Å². The molecule has 0 aromatic carbocycles. The Bertz CT molecular complexity index is 486. The average molecular weight is 282 g/mol. The summed E-state index contributed by atoms with van der Waals surface area (Å²) in [6.45, 7) is 4.77. The molecule has 19 heavy (non-hydrogen) atoms. The third kappa shape index (κ3) is 3.26. The normalized spacial score (nSPS) is 15.9. The molecule has 1 aromatic rings. The van der Waals surface area contributed by atoms with Crippen LogP contribution in [0.3, 0.4) is 0 Å². The summed E-state index contributed by atoms with van der Waals surface area (Å²) in [5.74, 6) is -0.822. The van der Waals surface area contributed by atoms with Gasteiger partial charge in [0.05, 0.1) is 12.0 Å². The highest BCUT2D eigenvalue weighted by Crippen LogP contribution is 2.45. The highest BCUT2D eigenvalue weighted by Gasteiger charge is 2.50. The molecule has 104 valence electrons. The third-order valence-corrected chi connectivity index (χ3v) is 4.69. The highest BCUT2D eigenvalue weighted by atomic mass is 32.1. The van der Waals surface area contributed by atoms with Crippen molar-refractivity contribution in [1.82, 2.24) is 10.6 Å². The summed E-state index contributed by atoms with van der Waals surface area (Å²) in [5.41, 5.74) is 0.512. The lowest BCUT2D eigenvalue weighted by atomic mass is 10.1. The molecule has 1 heterocycles. The van der Waals surface area contributed by atoms with Crippen LogP contribution < -0.4 is 10.6 Å². The van der Waals surface area contributed by atoms with Gasteiger partial charge in [0.1, 0.15) is 0 Å². The number of aliphatic carboxylic acids is 1. The first-order chi connectivity index (χ1) is 8.93. The number of carboxylic acid groups (broad SMARTS) is 1. The summed E-state index contributed by atoms with van der Waals surface area (Å²) in [7, 11) is 0. The van der Waals surface area contributed by atoms with E-state index in [1.54, 1.807) is 11.3 Å². The van der Waals surface area contributed by atoms with E-state index in [4.69, 9.17) is 5.11 Å². The smallest absolute Gasteiger partial charge is 0.315 e. The Balaban J connectivity index is 1.75. The fourth-order valence-electron chi connectivity index (χ4n) is 1.83. The number of urea groups is 1. The minimum absolute atomic E-state index is 0.205. The van der Waals surface area contributed by atoms with Crippen LogP contribution in [0.4, 0.5) is 4.79 Å². The fraction of sp³-hybridized carbons (Fsp3) is 0.538. The molecular formula is C13H18N2O3S. The Hall–Kier alpha value is -1.56. The van der Waals surface area contributed by atoms with Gasteiger partial charge in [-0.2, -0.15) is 0 Å². The fourth-order valence-corrected chi connectivity index (χ4v) is 2.83. The Morgan fingerprint density at radius 1 is 1.37 bits per heavy atom. The Kier molecular flexibility index (Phi) is 3.80. The Morgan fingerprint density at radius 2 is 2.05 bits per heavy atom. The predicted molar refractivity (Wildman–Crippen MR) is 73.3 cm³/mol. The van der Waals surface area contributed by atoms with E-state index in [1.165, 1.54) is 10.4 Å². The van der Waals surface area contributed by atoms with Gasteiger partial charge in [-0.25, -0.2) is 4.79 Å². The molecule has 2 rings (SSSR count). The van der Waals surface area contributed by atoms with E-state index in [0.717, 1.165) is 4.88 Å². The summed E-state index contributed by atoms with van der Waals surface area (Å²) < 4.78 is 0. The Morgan fingerprint density at radius 3 is 2.53 bits per heavy atom. The van der Waals surface area contributed by atoms with Gasteiger partial charge in [0.15, 0.2) is 0 Å². The van der Waals surface area contributed by atoms with E-state index in [-0.39, 0.29) is 12.6 Å². The zero-order chi connectivity index (χ0) is 14.0. The molecule has 0 saturated heterocycles. The van der Waals surface area contributed by atoms with Crippen LogP contribution in [0.1, 0.15) is 28.2 Å². The molecule has 0 atom stereocenters. The molecule has 0 unspecified atom stereocenters. The van der Waals surface area contributed by atoms with Crippen molar-refractivity contribution >= 4 is 23.3 Å². The van der Waals surface area contributed by atoms with Gasteiger partial charge in [0.25, 0.3) is 0 Å². The first kappa shape index (κ1) is 13.9. The van der Waals surface area contributed by atoms with E-state index >= 15 is 0 Å². The summed E-state index contributed by atoms with van der Waals surface area (Å²) in [5, 5.41) is 14.4. The predicted octanol–water partition coefficient (Wildman–Crippen LogP) is 2.03. The quantitative estimate of drug-likeness (QED) is 0.773. The number of hydrogen-bond acceptors (Lipinski definition) is 3. The van der Waals surface area contributed by atoms with Gasteiger partial charge in [-0.15, -0.1) is 11.3 Å². The molecule has 1 fully saturated rings. The van der Waals surface area contributed by atoms with Crippen LogP contribution in [0, 0.1) is 19.3 Å². The number of carbonyl (C=O) groups excluding carboxylic acids is 1. The molecule has 0 bridgehead atoms. The van der Waals surface area contributed by atoms with Crippen molar-refractivity contribution < 1.29 is 14.7 Å². The van der Waals surface area contributed by atoms with Crippen molar-refractivity contribution in [3.63, 3.8) is 0 Å². The number of carbonyl (C=O) groups is 2. The van der Waals surface area contributed by atoms with E-state index in [1.807, 2.05) is 13.8 Å². The maximum absolute atomic E-state index is 11.6. The maximum Gasteiger partial charge on any atom is 0.315 e. The first-order valence-electron chi connectivity index (χ1n) is 6.24. The summed E-state index contributed by atoms with van der Waals surface area (Å²) in [4.78, 5) is 24.9. The number of rotatable bonds is 5. The van der Waals surface area contributed by atoms with Crippen molar-refractivity contribution in [2.45, 2.75) is 33.2 Å². The molecule has 1 aromatic heterocycles. The van der Waals surface area contributed by atoms with Crippen molar-refractivity contribution in [3.05, 3.63) is 21.4 Å². The summed E-state index contributed by atoms with van der Waals surface area (Å²) >= 11 is 1.66. The number of nitrogens with one attached hydrogen (secondary N) is 2. The van der Waals surface area contributed by atoms with Crippen LogP contribution in [-0.2, 0) is 11.3 Å². The standard InChI is InChI=1S/C13H18N2O3S/c1-8-5-10(19-9(8)2)6-14-12(18)15-7-13(3-4-13)11(16)17/h5H,3-4,6-7H2,1-2H3,(H,16,17)(H2,14,15,18). The van der Waals surface area contributed by atoms with Crippen LogP contribution >= 0.6 is 11.3 Å². The van der Waals surface area contributed by atoms with Crippen molar-refractivity contribution in [1.29, 1.82) is 0 Å². The van der Waals surface area contributed by atoms with Gasteiger partial charge in [0, 0.05) is 16.3 Å². The van der Waals surface area contributed by atoms with Gasteiger partial charge < -0.3 is 15.7 Å². The van der Waals surface area contributed by atoms with Gasteiger partial charge in [-0.05, 0) is 38.3 Å². The van der Waals surface area contributed by atoms with Gasteiger partial charge >= 0.3 is 12.0 Å². The molecule has 0 aliphatic heterocycles. The number of carboxylic acids is 1. The lowest BCUT2D eigenvalue weighted by Crippen LogP contribution is -2.40. The number of aryl methyl sites for hydroxylation is 2. The van der Waals surface area contributed by atoms with Crippen LogP contribution in [-0.4, -0.2) is 23.7 Å². The van der Waals surface area contributed by atoms with Crippen molar-refractivity contribution in [2.75, 3.05) is 6.54 Å². The molecule has 5 nitrogen and oxygen atoms in total. The van der Waals surface area contributed by atoms with Crippen LogP contribution in [0.25, 0.3) is 0 Å². The lowest BCUT2D eigenvalue weighted by Gasteiger charge is -2.11. The molecule has 0 spiro atoms. The molecular weight excluding hydrogens is 264 g/mol. The summed E-state index contributed by atoms with van der Waals surface area (Å²) in [6.07, 6.45) is 1.29. The molecule has 1 saturated carbocycles. The second-order valence-electron chi connectivity index (χ2n) is 5.07. The van der Waals surface area contributed by atoms with Gasteiger partial charge in [-0.3, -0.25) is 4.79 Å². The number of hydrogen-bond donors (Lipinski definition) is 3. The SMILES string of the molecule is Cc1cc(CNC(=O)NCC2(C(=O)O)CC2)sc1C. The molecule has 1 aliphatic rings. The Labute approximate surface area is 116 Å². The zero-order valence-electron chi connectivity index (χ0n) is 11.1. The van der Waals surface area contributed by atoms with E-state index < -0.39 is 11.4 Å². The van der Waals surface area contributed by atoms with Crippen molar-refractivity contribution in [3.8, 4) is 0 Å². The monoisotopic (exact) mass is 282 g/mol. The molecule has 1 aliphatic carbocycles.